The lowest BCUT2D eigenvalue weighted by molar-refractivity contribution is -0.137. The van der Waals surface area contributed by atoms with Crippen molar-refractivity contribution in [1.82, 2.24) is 4.90 Å². The highest BCUT2D eigenvalue weighted by molar-refractivity contribution is 5.93. The number of rotatable bonds is 8. The summed E-state index contributed by atoms with van der Waals surface area (Å²) in [5, 5.41) is 3.12. The van der Waals surface area contributed by atoms with E-state index in [-0.39, 0.29) is 29.7 Å². The molecule has 0 heterocycles. The third-order valence-corrected chi connectivity index (χ3v) is 6.42. The summed E-state index contributed by atoms with van der Waals surface area (Å²) in [6.07, 6.45) is 4.21. The monoisotopic (exact) mass is 435 g/mol. The Morgan fingerprint density at radius 2 is 1.66 bits per heavy atom. The van der Waals surface area contributed by atoms with Crippen molar-refractivity contribution < 1.29 is 9.59 Å². The van der Waals surface area contributed by atoms with Crippen LogP contribution in [0.2, 0.25) is 0 Å². The molecule has 1 aliphatic carbocycles. The summed E-state index contributed by atoms with van der Waals surface area (Å²) >= 11 is 0. The second kappa shape index (κ2) is 10.7. The van der Waals surface area contributed by atoms with E-state index in [1.165, 1.54) is 0 Å². The Kier molecular flexibility index (Phi) is 7.94. The number of nitrogens with one attached hydrogen (secondary N) is 1. The Balaban J connectivity index is 1.90. The molecule has 32 heavy (non-hydrogen) atoms. The van der Waals surface area contributed by atoms with Gasteiger partial charge in [-0.25, -0.2) is 0 Å². The number of amides is 2. The van der Waals surface area contributed by atoms with Crippen LogP contribution in [0.1, 0.15) is 63.6 Å². The fourth-order valence-electron chi connectivity index (χ4n) is 4.49. The van der Waals surface area contributed by atoms with Crippen molar-refractivity contribution in [3.05, 3.63) is 59.7 Å². The Hall–Kier alpha value is -2.82. The minimum Gasteiger partial charge on any atom is -0.377 e. The molecule has 2 aromatic carbocycles. The second-order valence-electron chi connectivity index (χ2n) is 9.42. The number of hydrogen-bond acceptors (Lipinski definition) is 3. The van der Waals surface area contributed by atoms with Crippen LogP contribution in [-0.4, -0.2) is 30.8 Å². The number of hydrogen-bond donors (Lipinski definition) is 1. The van der Waals surface area contributed by atoms with Gasteiger partial charge in [-0.1, -0.05) is 57.0 Å². The molecule has 5 nitrogen and oxygen atoms in total. The number of carbonyl (C=O) groups excluding carboxylic acids is 2. The highest BCUT2D eigenvalue weighted by atomic mass is 16.2. The molecule has 1 unspecified atom stereocenters. The van der Waals surface area contributed by atoms with Crippen LogP contribution in [0.5, 0.6) is 0 Å². The van der Waals surface area contributed by atoms with Crippen molar-refractivity contribution >= 4 is 23.2 Å². The van der Waals surface area contributed by atoms with Gasteiger partial charge in [0.15, 0.2) is 0 Å². The molecule has 0 saturated heterocycles. The van der Waals surface area contributed by atoms with Crippen LogP contribution in [0.3, 0.4) is 0 Å². The lowest BCUT2D eigenvalue weighted by Crippen LogP contribution is -2.36. The van der Waals surface area contributed by atoms with Gasteiger partial charge in [-0.2, -0.15) is 0 Å². The van der Waals surface area contributed by atoms with E-state index in [9.17, 15) is 9.59 Å². The Morgan fingerprint density at radius 1 is 1.00 bits per heavy atom. The van der Waals surface area contributed by atoms with Crippen molar-refractivity contribution in [3.8, 4) is 0 Å². The van der Waals surface area contributed by atoms with Gasteiger partial charge in [0.2, 0.25) is 11.8 Å². The summed E-state index contributed by atoms with van der Waals surface area (Å²) in [6, 6.07) is 16.1. The van der Waals surface area contributed by atoms with E-state index in [1.807, 2.05) is 69.2 Å². The van der Waals surface area contributed by atoms with Gasteiger partial charge in [0.1, 0.15) is 0 Å². The van der Waals surface area contributed by atoms with Gasteiger partial charge in [-0.15, -0.1) is 0 Å². The van der Waals surface area contributed by atoms with E-state index in [0.717, 1.165) is 48.2 Å². The lowest BCUT2D eigenvalue weighted by Gasteiger charge is -2.33. The molecule has 0 aliphatic heterocycles. The van der Waals surface area contributed by atoms with Gasteiger partial charge in [0.25, 0.3) is 0 Å². The zero-order valence-electron chi connectivity index (χ0n) is 20.1. The zero-order chi connectivity index (χ0) is 23.3. The van der Waals surface area contributed by atoms with E-state index in [2.05, 4.69) is 29.3 Å². The van der Waals surface area contributed by atoms with Gasteiger partial charge in [0, 0.05) is 43.9 Å². The Morgan fingerprint density at radius 3 is 2.25 bits per heavy atom. The summed E-state index contributed by atoms with van der Waals surface area (Å²) in [7, 11) is 4.01. The third-order valence-electron chi connectivity index (χ3n) is 6.42. The molecule has 5 heteroatoms. The maximum absolute atomic E-state index is 13.2. The molecule has 1 atom stereocenters. The average Bonchev–Trinajstić information content (AvgIpc) is 3.32. The maximum atomic E-state index is 13.2. The lowest BCUT2D eigenvalue weighted by atomic mass is 10.0. The summed E-state index contributed by atoms with van der Waals surface area (Å²) in [4.78, 5) is 29.9. The van der Waals surface area contributed by atoms with Crippen LogP contribution in [-0.2, 0) is 16.1 Å². The second-order valence-corrected chi connectivity index (χ2v) is 9.42. The van der Waals surface area contributed by atoms with E-state index < -0.39 is 0 Å². The molecular formula is C27H37N3O2. The molecule has 0 spiro atoms. The van der Waals surface area contributed by atoms with Gasteiger partial charge in [-0.05, 0) is 49.1 Å². The van der Waals surface area contributed by atoms with Gasteiger partial charge in [-0.3, -0.25) is 9.59 Å². The molecule has 0 aromatic heterocycles. The summed E-state index contributed by atoms with van der Waals surface area (Å²) in [6.45, 7) is 6.45. The van der Waals surface area contributed by atoms with Crippen LogP contribution in [0.15, 0.2) is 48.5 Å². The first kappa shape index (κ1) is 23.8. The molecule has 0 bridgehead atoms. The average molecular weight is 436 g/mol. The molecule has 3 rings (SSSR count). The SMILES string of the molecule is CC(C)C(=O)N(Cc1cc(NC(=O)C2CCCC2)ccc1N(C)C)C(C)c1ccccc1. The van der Waals surface area contributed by atoms with Crippen LogP contribution in [0, 0.1) is 11.8 Å². The van der Waals surface area contributed by atoms with Crippen LogP contribution in [0.25, 0.3) is 0 Å². The predicted octanol–water partition coefficient (Wildman–Crippen LogP) is 5.63. The van der Waals surface area contributed by atoms with Crippen molar-refractivity contribution in [2.24, 2.45) is 11.8 Å². The van der Waals surface area contributed by atoms with Crippen LogP contribution in [0.4, 0.5) is 11.4 Å². The number of carbonyl (C=O) groups is 2. The van der Waals surface area contributed by atoms with E-state index in [1.54, 1.807) is 0 Å². The molecule has 1 fully saturated rings. The molecule has 0 radical (unpaired) electrons. The molecular weight excluding hydrogens is 398 g/mol. The minimum absolute atomic E-state index is 0.0575. The zero-order valence-corrected chi connectivity index (χ0v) is 20.1. The first-order valence-electron chi connectivity index (χ1n) is 11.7. The summed E-state index contributed by atoms with van der Waals surface area (Å²) < 4.78 is 0. The van der Waals surface area contributed by atoms with Crippen molar-refractivity contribution in [2.45, 2.75) is 59.0 Å². The summed E-state index contributed by atoms with van der Waals surface area (Å²) in [5.41, 5.74) is 3.98. The quantitative estimate of drug-likeness (QED) is 0.585. The third kappa shape index (κ3) is 5.70. The fraction of sp³-hybridized carbons (Fsp3) is 0.481. The first-order chi connectivity index (χ1) is 15.3. The normalized spacial score (nSPS) is 14.9. The highest BCUT2D eigenvalue weighted by Crippen LogP contribution is 2.31. The molecule has 2 amide bonds. The number of benzene rings is 2. The largest absolute Gasteiger partial charge is 0.377 e. The Bertz CT molecular complexity index is 918. The topological polar surface area (TPSA) is 52.7 Å². The molecule has 1 saturated carbocycles. The van der Waals surface area contributed by atoms with E-state index >= 15 is 0 Å². The van der Waals surface area contributed by atoms with Gasteiger partial charge < -0.3 is 15.1 Å². The number of nitrogens with zero attached hydrogens (tertiary/aromatic N) is 2. The standard InChI is InChI=1S/C27H37N3O2/c1-19(2)27(32)30(20(3)21-11-7-6-8-12-21)18-23-17-24(15-16-25(23)29(4)5)28-26(31)22-13-9-10-14-22/h6-8,11-12,15-17,19-20,22H,9-10,13-14,18H2,1-5H3,(H,28,31). The van der Waals surface area contributed by atoms with Gasteiger partial charge >= 0.3 is 0 Å². The smallest absolute Gasteiger partial charge is 0.227 e. The van der Waals surface area contributed by atoms with Crippen molar-refractivity contribution in [1.29, 1.82) is 0 Å². The van der Waals surface area contributed by atoms with E-state index in [0.29, 0.717) is 6.54 Å². The van der Waals surface area contributed by atoms with Crippen molar-refractivity contribution in [3.63, 3.8) is 0 Å². The van der Waals surface area contributed by atoms with Crippen LogP contribution >= 0.6 is 0 Å². The van der Waals surface area contributed by atoms with Crippen molar-refractivity contribution in [2.75, 3.05) is 24.3 Å². The molecule has 1 N–H and O–H groups in total. The van der Waals surface area contributed by atoms with E-state index in [4.69, 9.17) is 0 Å². The first-order valence-corrected chi connectivity index (χ1v) is 11.7. The summed E-state index contributed by atoms with van der Waals surface area (Å²) in [5.74, 6) is 0.239. The van der Waals surface area contributed by atoms with Gasteiger partial charge in [0.05, 0.1) is 6.04 Å². The Labute approximate surface area is 192 Å². The molecule has 172 valence electrons. The van der Waals surface area contributed by atoms with Crippen LogP contribution < -0.4 is 10.2 Å². The number of anilines is 2. The molecule has 1 aliphatic rings. The fourth-order valence-corrected chi connectivity index (χ4v) is 4.49. The minimum atomic E-state index is -0.103. The maximum Gasteiger partial charge on any atom is 0.227 e. The highest BCUT2D eigenvalue weighted by Gasteiger charge is 2.26. The molecule has 2 aromatic rings. The predicted molar refractivity (Wildman–Crippen MR) is 132 cm³/mol.